The van der Waals surface area contributed by atoms with E-state index in [1.807, 2.05) is 6.07 Å². The van der Waals surface area contributed by atoms with Crippen LogP contribution in [-0.4, -0.2) is 33.0 Å². The van der Waals surface area contributed by atoms with Crippen molar-refractivity contribution in [3.8, 4) is 17.6 Å². The zero-order valence-electron chi connectivity index (χ0n) is 15.0. The Balaban J connectivity index is 1.83. The van der Waals surface area contributed by atoms with Crippen molar-refractivity contribution in [2.75, 3.05) is 13.4 Å². The molecule has 2 aromatic rings. The van der Waals surface area contributed by atoms with Gasteiger partial charge in [0.05, 0.1) is 17.6 Å². The van der Waals surface area contributed by atoms with Crippen molar-refractivity contribution in [3.05, 3.63) is 54.1 Å². The second-order valence-electron chi connectivity index (χ2n) is 6.57. The van der Waals surface area contributed by atoms with E-state index in [9.17, 15) is 18.5 Å². The zero-order valence-corrected chi connectivity index (χ0v) is 15.8. The van der Waals surface area contributed by atoms with Gasteiger partial charge in [0.15, 0.2) is 26.8 Å². The van der Waals surface area contributed by atoms with Gasteiger partial charge in [0.1, 0.15) is 5.25 Å². The summed E-state index contributed by atoms with van der Waals surface area (Å²) in [5.41, 5.74) is -1.29. The Kier molecular flexibility index (Phi) is 4.27. The summed E-state index contributed by atoms with van der Waals surface area (Å²) in [4.78, 5) is 12.8. The van der Waals surface area contributed by atoms with Crippen LogP contribution in [0.15, 0.2) is 53.4 Å². The molecule has 8 heteroatoms. The number of esters is 1. The molecule has 3 atom stereocenters. The van der Waals surface area contributed by atoms with Crippen LogP contribution >= 0.6 is 0 Å². The SMILES string of the molecule is CCOC(=O)[C@@]1(C#N)[C@H](S(=O)(=O)c2ccccc2)[C@@H]1c1ccc2c(c1)OCO2. The van der Waals surface area contributed by atoms with Crippen LogP contribution in [0, 0.1) is 16.7 Å². The second kappa shape index (κ2) is 6.53. The molecule has 28 heavy (non-hydrogen) atoms. The number of nitriles is 1. The van der Waals surface area contributed by atoms with Crippen molar-refractivity contribution in [2.24, 2.45) is 5.41 Å². The van der Waals surface area contributed by atoms with E-state index in [4.69, 9.17) is 14.2 Å². The standard InChI is InChI=1S/C20H17NO6S/c1-2-25-19(22)20(11-21)17(13-8-9-15-16(10-13)27-12-26-15)18(20)28(23,24)14-6-4-3-5-7-14/h3-10,17-18H,2,12H2,1H3/t17-,18+,20+/m0/s1. The highest BCUT2D eigenvalue weighted by Crippen LogP contribution is 2.65. The van der Waals surface area contributed by atoms with Gasteiger partial charge in [-0.2, -0.15) is 5.26 Å². The van der Waals surface area contributed by atoms with Crippen LogP contribution in [-0.2, 0) is 19.4 Å². The number of sulfone groups is 1. The first-order valence-electron chi connectivity index (χ1n) is 8.73. The number of hydrogen-bond acceptors (Lipinski definition) is 7. The molecule has 1 saturated carbocycles. The molecule has 0 saturated heterocycles. The quantitative estimate of drug-likeness (QED) is 0.712. The first-order valence-corrected chi connectivity index (χ1v) is 10.3. The largest absolute Gasteiger partial charge is 0.465 e. The maximum Gasteiger partial charge on any atom is 0.328 e. The maximum atomic E-state index is 13.3. The summed E-state index contributed by atoms with van der Waals surface area (Å²) in [5, 5.41) is 8.64. The molecule has 1 aliphatic heterocycles. The van der Waals surface area contributed by atoms with E-state index in [-0.39, 0.29) is 18.3 Å². The molecular weight excluding hydrogens is 382 g/mol. The third-order valence-corrected chi connectivity index (χ3v) is 7.33. The van der Waals surface area contributed by atoms with E-state index in [1.54, 1.807) is 43.3 Å². The Morgan fingerprint density at radius 2 is 1.93 bits per heavy atom. The molecule has 0 bridgehead atoms. The molecule has 0 N–H and O–H groups in total. The lowest BCUT2D eigenvalue weighted by Crippen LogP contribution is -2.25. The van der Waals surface area contributed by atoms with Gasteiger partial charge in [0.25, 0.3) is 0 Å². The topological polar surface area (TPSA) is 103 Å². The van der Waals surface area contributed by atoms with Crippen molar-refractivity contribution >= 4 is 15.8 Å². The molecule has 0 aromatic heterocycles. The van der Waals surface area contributed by atoms with Gasteiger partial charge in [-0.1, -0.05) is 24.3 Å². The third-order valence-electron chi connectivity index (χ3n) is 5.09. The molecule has 2 aliphatic rings. The number of benzene rings is 2. The molecule has 1 fully saturated rings. The summed E-state index contributed by atoms with van der Waals surface area (Å²) in [5.74, 6) is -0.706. The van der Waals surface area contributed by atoms with Gasteiger partial charge in [-0.25, -0.2) is 8.42 Å². The van der Waals surface area contributed by atoms with Gasteiger partial charge in [0.2, 0.25) is 6.79 Å². The van der Waals surface area contributed by atoms with Crippen molar-refractivity contribution in [3.63, 3.8) is 0 Å². The van der Waals surface area contributed by atoms with Gasteiger partial charge in [-0.05, 0) is 36.8 Å². The third kappa shape index (κ3) is 2.54. The lowest BCUT2D eigenvalue weighted by atomic mass is 10.0. The zero-order chi connectivity index (χ0) is 19.9. The summed E-state index contributed by atoms with van der Waals surface area (Å²) in [6, 6.07) is 14.7. The average molecular weight is 399 g/mol. The van der Waals surface area contributed by atoms with Crippen LogP contribution in [0.5, 0.6) is 11.5 Å². The minimum atomic E-state index is -3.96. The van der Waals surface area contributed by atoms with Crippen LogP contribution in [0.2, 0.25) is 0 Å². The second-order valence-corrected chi connectivity index (χ2v) is 8.64. The number of carbonyl (C=O) groups excluding carboxylic acids is 1. The Hall–Kier alpha value is -3.05. The Bertz CT molecular complexity index is 1080. The number of rotatable bonds is 5. The minimum absolute atomic E-state index is 0.0498. The number of fused-ring (bicyclic) bond motifs is 1. The van der Waals surface area contributed by atoms with Crippen LogP contribution in [0.1, 0.15) is 18.4 Å². The maximum absolute atomic E-state index is 13.3. The number of hydrogen-bond donors (Lipinski definition) is 0. The molecule has 7 nitrogen and oxygen atoms in total. The molecular formula is C20H17NO6S. The van der Waals surface area contributed by atoms with E-state index in [0.717, 1.165) is 0 Å². The Morgan fingerprint density at radius 1 is 1.21 bits per heavy atom. The van der Waals surface area contributed by atoms with Gasteiger partial charge < -0.3 is 14.2 Å². The highest BCUT2D eigenvalue weighted by atomic mass is 32.2. The predicted molar refractivity (Wildman–Crippen MR) is 97.4 cm³/mol. The molecule has 0 radical (unpaired) electrons. The molecule has 1 aliphatic carbocycles. The van der Waals surface area contributed by atoms with Crippen LogP contribution in [0.3, 0.4) is 0 Å². The summed E-state index contributed by atoms with van der Waals surface area (Å²) in [6.45, 7) is 1.73. The van der Waals surface area contributed by atoms with Crippen LogP contribution in [0.25, 0.3) is 0 Å². The average Bonchev–Trinajstić information content (AvgIpc) is 3.21. The summed E-state index contributed by atoms with van der Waals surface area (Å²) in [7, 11) is -3.96. The highest BCUT2D eigenvalue weighted by molar-refractivity contribution is 7.92. The molecule has 0 spiro atoms. The van der Waals surface area contributed by atoms with E-state index in [0.29, 0.717) is 17.1 Å². The summed E-state index contributed by atoms with van der Waals surface area (Å²) in [6.07, 6.45) is 0. The number of nitrogens with zero attached hydrogens (tertiary/aromatic N) is 1. The van der Waals surface area contributed by atoms with Gasteiger partial charge >= 0.3 is 5.97 Å². The van der Waals surface area contributed by atoms with Gasteiger partial charge in [0, 0.05) is 5.92 Å². The molecule has 144 valence electrons. The predicted octanol–water partition coefficient (Wildman–Crippen LogP) is 2.43. The van der Waals surface area contributed by atoms with Crippen LogP contribution < -0.4 is 9.47 Å². The summed E-state index contributed by atoms with van der Waals surface area (Å²) >= 11 is 0. The molecule has 4 rings (SSSR count). The van der Waals surface area contributed by atoms with Gasteiger partial charge in [-0.3, -0.25) is 4.79 Å². The Labute approximate surface area is 162 Å². The first-order chi connectivity index (χ1) is 13.5. The Morgan fingerprint density at radius 3 is 2.61 bits per heavy atom. The van der Waals surface area contributed by atoms with E-state index in [1.165, 1.54) is 12.1 Å². The fourth-order valence-corrected chi connectivity index (χ4v) is 6.02. The highest BCUT2D eigenvalue weighted by Gasteiger charge is 2.77. The van der Waals surface area contributed by atoms with E-state index < -0.39 is 32.4 Å². The normalized spacial score (nSPS) is 25.0. The van der Waals surface area contributed by atoms with Crippen molar-refractivity contribution in [1.82, 2.24) is 0 Å². The van der Waals surface area contributed by atoms with E-state index >= 15 is 0 Å². The van der Waals surface area contributed by atoms with Crippen molar-refractivity contribution in [2.45, 2.75) is 23.0 Å². The molecule has 1 heterocycles. The van der Waals surface area contributed by atoms with Crippen LogP contribution in [0.4, 0.5) is 0 Å². The lowest BCUT2D eigenvalue weighted by Gasteiger charge is -2.09. The molecule has 0 amide bonds. The minimum Gasteiger partial charge on any atom is -0.465 e. The van der Waals surface area contributed by atoms with Gasteiger partial charge in [-0.15, -0.1) is 0 Å². The molecule has 2 aromatic carbocycles. The fraction of sp³-hybridized carbons (Fsp3) is 0.300. The fourth-order valence-electron chi connectivity index (χ4n) is 3.75. The lowest BCUT2D eigenvalue weighted by molar-refractivity contribution is -0.147. The number of ether oxygens (including phenoxy) is 3. The summed E-state index contributed by atoms with van der Waals surface area (Å²) < 4.78 is 42.3. The van der Waals surface area contributed by atoms with Crippen molar-refractivity contribution < 1.29 is 27.4 Å². The monoisotopic (exact) mass is 399 g/mol. The van der Waals surface area contributed by atoms with E-state index in [2.05, 4.69) is 0 Å². The number of carbonyl (C=O) groups is 1. The van der Waals surface area contributed by atoms with Crippen molar-refractivity contribution in [1.29, 1.82) is 5.26 Å². The molecule has 0 unspecified atom stereocenters. The first kappa shape index (κ1) is 18.3. The smallest absolute Gasteiger partial charge is 0.328 e.